The van der Waals surface area contributed by atoms with Gasteiger partial charge in [0.2, 0.25) is 0 Å². The molecule has 0 unspecified atom stereocenters. The summed E-state index contributed by atoms with van der Waals surface area (Å²) in [7, 11) is 0. The first-order valence-electron chi connectivity index (χ1n) is 10.1. The highest BCUT2D eigenvalue weighted by Crippen LogP contribution is 2.13. The van der Waals surface area contributed by atoms with Gasteiger partial charge in [-0.15, -0.1) is 0 Å². The van der Waals surface area contributed by atoms with Crippen molar-refractivity contribution in [3.63, 3.8) is 0 Å². The lowest BCUT2D eigenvalue weighted by Gasteiger charge is -2.03. The summed E-state index contributed by atoms with van der Waals surface area (Å²) in [5.41, 5.74) is 0. The minimum Gasteiger partial charge on any atom is -0.0888 e. The number of rotatable bonds is 17. The van der Waals surface area contributed by atoms with Crippen molar-refractivity contribution in [1.29, 1.82) is 0 Å². The Morgan fingerprint density at radius 3 is 1.19 bits per heavy atom. The van der Waals surface area contributed by atoms with Crippen LogP contribution in [0, 0.1) is 0 Å². The first-order chi connectivity index (χ1) is 10.4. The fourth-order valence-corrected chi connectivity index (χ4v) is 2.92. The van der Waals surface area contributed by atoms with Gasteiger partial charge < -0.3 is 0 Å². The van der Waals surface area contributed by atoms with Gasteiger partial charge in [0, 0.05) is 0 Å². The van der Waals surface area contributed by atoms with Gasteiger partial charge in [-0.2, -0.15) is 0 Å². The van der Waals surface area contributed by atoms with Crippen LogP contribution in [-0.2, 0) is 0 Å². The van der Waals surface area contributed by atoms with Crippen LogP contribution in [0.3, 0.4) is 0 Å². The van der Waals surface area contributed by atoms with Crippen LogP contribution in [0.1, 0.15) is 123 Å². The second-order valence-corrected chi connectivity index (χ2v) is 6.62. The Morgan fingerprint density at radius 2 is 0.810 bits per heavy atom. The van der Waals surface area contributed by atoms with Crippen molar-refractivity contribution >= 4 is 0 Å². The molecule has 0 aromatic heterocycles. The average Bonchev–Trinajstić information content (AvgIpc) is 2.50. The van der Waals surface area contributed by atoms with Gasteiger partial charge in [-0.3, -0.25) is 0 Å². The van der Waals surface area contributed by atoms with Crippen LogP contribution in [0.2, 0.25) is 0 Å². The Hall–Kier alpha value is -0.260. The molecule has 0 saturated carbocycles. The Morgan fingerprint density at radius 1 is 0.429 bits per heavy atom. The summed E-state index contributed by atoms with van der Waals surface area (Å²) in [6.45, 7) is 4.51. The number of unbranched alkanes of at least 4 members (excludes halogenated alkanes) is 15. The second kappa shape index (κ2) is 19.7. The first kappa shape index (κ1) is 20.7. The molecule has 0 radical (unpaired) electrons. The van der Waals surface area contributed by atoms with E-state index < -0.39 is 0 Å². The van der Waals surface area contributed by atoms with E-state index in [1.54, 1.807) is 0 Å². The van der Waals surface area contributed by atoms with E-state index in [2.05, 4.69) is 26.0 Å². The fourth-order valence-electron chi connectivity index (χ4n) is 2.92. The Kier molecular flexibility index (Phi) is 19.5. The average molecular weight is 295 g/mol. The molecule has 0 heterocycles. The molecule has 0 aromatic rings. The SMILES string of the molecule is CC/C=C/CCCCCCCCCCCCCCCCC. The number of hydrogen-bond donors (Lipinski definition) is 0. The predicted molar refractivity (Wildman–Crippen MR) is 99.0 cm³/mol. The molecule has 0 saturated heterocycles. The minimum absolute atomic E-state index is 1.19. The zero-order valence-corrected chi connectivity index (χ0v) is 15.2. The number of hydrogen-bond acceptors (Lipinski definition) is 0. The van der Waals surface area contributed by atoms with Gasteiger partial charge in [0.1, 0.15) is 0 Å². The maximum absolute atomic E-state index is 2.35. The summed E-state index contributed by atoms with van der Waals surface area (Å²) in [4.78, 5) is 0. The topological polar surface area (TPSA) is 0 Å². The Labute approximate surface area is 135 Å². The fraction of sp³-hybridized carbons (Fsp3) is 0.905. The van der Waals surface area contributed by atoms with Crippen LogP contribution >= 0.6 is 0 Å². The quantitative estimate of drug-likeness (QED) is 0.187. The summed E-state index contributed by atoms with van der Waals surface area (Å²) in [5.74, 6) is 0. The standard InChI is InChI=1S/C21H42/c1-3-5-7-9-11-13-15-17-19-21-20-18-16-14-12-10-8-6-4-2/h5,7H,3-4,6,8-21H2,1-2H3/b7-5+. The summed E-state index contributed by atoms with van der Waals surface area (Å²) < 4.78 is 0. The molecular weight excluding hydrogens is 252 g/mol. The zero-order chi connectivity index (χ0) is 15.4. The largest absolute Gasteiger partial charge is 0.0888 e. The molecule has 0 aromatic carbocycles. The highest BCUT2D eigenvalue weighted by atomic mass is 14.0. The molecule has 0 atom stereocenters. The minimum atomic E-state index is 1.19. The Bertz CT molecular complexity index is 192. The molecule has 0 bridgehead atoms. The van der Waals surface area contributed by atoms with E-state index in [4.69, 9.17) is 0 Å². The van der Waals surface area contributed by atoms with Crippen molar-refractivity contribution in [1.82, 2.24) is 0 Å². The van der Waals surface area contributed by atoms with Crippen LogP contribution < -0.4 is 0 Å². The lowest BCUT2D eigenvalue weighted by Crippen LogP contribution is -1.83. The molecule has 0 rings (SSSR count). The molecule has 0 spiro atoms. The third-order valence-electron chi connectivity index (χ3n) is 4.38. The molecular formula is C21H42. The molecule has 0 fully saturated rings. The third kappa shape index (κ3) is 19.7. The van der Waals surface area contributed by atoms with Gasteiger partial charge in [-0.05, 0) is 19.3 Å². The summed E-state index contributed by atoms with van der Waals surface area (Å²) >= 11 is 0. The van der Waals surface area contributed by atoms with Crippen molar-refractivity contribution in [2.75, 3.05) is 0 Å². The molecule has 0 heteroatoms. The van der Waals surface area contributed by atoms with E-state index in [-0.39, 0.29) is 0 Å². The highest BCUT2D eigenvalue weighted by Gasteiger charge is 1.93. The summed E-state index contributed by atoms with van der Waals surface area (Å²) in [6, 6.07) is 0. The van der Waals surface area contributed by atoms with Crippen molar-refractivity contribution in [3.8, 4) is 0 Å². The molecule has 0 aliphatic carbocycles. The number of allylic oxidation sites excluding steroid dienone is 2. The molecule has 126 valence electrons. The van der Waals surface area contributed by atoms with E-state index >= 15 is 0 Å². The van der Waals surface area contributed by atoms with E-state index in [0.717, 1.165) is 0 Å². The van der Waals surface area contributed by atoms with Gasteiger partial charge >= 0.3 is 0 Å². The molecule has 0 nitrogen and oxygen atoms in total. The van der Waals surface area contributed by atoms with E-state index in [0.29, 0.717) is 0 Å². The summed E-state index contributed by atoms with van der Waals surface area (Å²) in [5, 5.41) is 0. The van der Waals surface area contributed by atoms with Crippen LogP contribution in [0.25, 0.3) is 0 Å². The maximum atomic E-state index is 2.35. The van der Waals surface area contributed by atoms with Crippen LogP contribution in [0.15, 0.2) is 12.2 Å². The molecule has 21 heavy (non-hydrogen) atoms. The van der Waals surface area contributed by atoms with E-state index in [1.807, 2.05) is 0 Å². The van der Waals surface area contributed by atoms with Crippen LogP contribution in [-0.4, -0.2) is 0 Å². The van der Waals surface area contributed by atoms with Gasteiger partial charge in [-0.1, -0.05) is 116 Å². The Balaban J connectivity index is 2.95. The molecule has 0 aliphatic rings. The van der Waals surface area contributed by atoms with Gasteiger partial charge in [0.15, 0.2) is 0 Å². The van der Waals surface area contributed by atoms with Crippen molar-refractivity contribution in [2.45, 2.75) is 123 Å². The zero-order valence-electron chi connectivity index (χ0n) is 15.2. The molecule has 0 N–H and O–H groups in total. The van der Waals surface area contributed by atoms with Crippen molar-refractivity contribution in [2.24, 2.45) is 0 Å². The molecule has 0 aliphatic heterocycles. The first-order valence-corrected chi connectivity index (χ1v) is 10.1. The van der Waals surface area contributed by atoms with Crippen LogP contribution in [0.5, 0.6) is 0 Å². The monoisotopic (exact) mass is 294 g/mol. The molecule has 0 amide bonds. The lowest BCUT2D eigenvalue weighted by atomic mass is 10.0. The van der Waals surface area contributed by atoms with E-state index in [9.17, 15) is 0 Å². The smallest absolute Gasteiger partial charge is 0.0351 e. The highest BCUT2D eigenvalue weighted by molar-refractivity contribution is 4.79. The normalized spacial score (nSPS) is 11.5. The maximum Gasteiger partial charge on any atom is -0.0351 e. The van der Waals surface area contributed by atoms with Gasteiger partial charge in [-0.25, -0.2) is 0 Å². The lowest BCUT2D eigenvalue weighted by molar-refractivity contribution is 0.533. The van der Waals surface area contributed by atoms with Crippen LogP contribution in [0.4, 0.5) is 0 Å². The van der Waals surface area contributed by atoms with Gasteiger partial charge in [0.05, 0.1) is 0 Å². The third-order valence-corrected chi connectivity index (χ3v) is 4.38. The van der Waals surface area contributed by atoms with Crippen molar-refractivity contribution < 1.29 is 0 Å². The van der Waals surface area contributed by atoms with Gasteiger partial charge in [0.25, 0.3) is 0 Å². The van der Waals surface area contributed by atoms with Crippen molar-refractivity contribution in [3.05, 3.63) is 12.2 Å². The predicted octanol–water partition coefficient (Wildman–Crippen LogP) is 8.21. The summed E-state index contributed by atoms with van der Waals surface area (Å²) in [6.07, 6.45) is 29.0. The van der Waals surface area contributed by atoms with E-state index in [1.165, 1.54) is 109 Å². The second-order valence-electron chi connectivity index (χ2n) is 6.62.